The van der Waals surface area contributed by atoms with Crippen LogP contribution in [-0.2, 0) is 11.3 Å². The maximum atomic E-state index is 11.4. The van der Waals surface area contributed by atoms with Crippen LogP contribution in [0.15, 0.2) is 12.1 Å². The third-order valence-electron chi connectivity index (χ3n) is 3.11. The number of esters is 1. The van der Waals surface area contributed by atoms with Gasteiger partial charge in [-0.05, 0) is 31.2 Å². The average molecular weight is 281 g/mol. The number of carbonyl (C=O) groups excluding carboxylic acids is 1. The third kappa shape index (κ3) is 3.81. The molecule has 2 N–H and O–H groups in total. The lowest BCUT2D eigenvalue weighted by Gasteiger charge is -2.17. The largest absolute Gasteiger partial charge is 0.457 e. The Morgan fingerprint density at radius 1 is 1.30 bits per heavy atom. The summed E-state index contributed by atoms with van der Waals surface area (Å²) in [6.45, 7) is 10.3. The molecule has 0 aromatic heterocycles. The molecule has 1 aromatic carbocycles. The number of aliphatic hydroxyl groups is 1. The number of benzene rings is 1. The van der Waals surface area contributed by atoms with Gasteiger partial charge in [-0.15, -0.1) is 0 Å². The summed E-state index contributed by atoms with van der Waals surface area (Å²) in [6, 6.07) is 3.55. The molecule has 1 aromatic rings. The van der Waals surface area contributed by atoms with E-state index in [2.05, 4.69) is 5.32 Å². The number of nitrogens with one attached hydrogen (secondary N) is 1. The monoisotopic (exact) mass is 281 g/mol. The second-order valence-electron chi connectivity index (χ2n) is 3.91. The van der Waals surface area contributed by atoms with Crippen LogP contribution in [0.5, 0.6) is 0 Å². The van der Waals surface area contributed by atoms with E-state index in [1.165, 1.54) is 0 Å². The summed E-state index contributed by atoms with van der Waals surface area (Å²) in [7, 11) is 1.80. The molecule has 0 fully saturated rings. The van der Waals surface area contributed by atoms with Crippen LogP contribution in [-0.4, -0.2) is 24.7 Å². The first-order valence-electron chi connectivity index (χ1n) is 7.26. The maximum absolute atomic E-state index is 11.4. The predicted molar refractivity (Wildman–Crippen MR) is 81.9 cm³/mol. The van der Waals surface area contributed by atoms with Crippen LogP contribution in [0.2, 0.25) is 0 Å². The van der Waals surface area contributed by atoms with E-state index in [1.807, 2.05) is 40.7 Å². The number of aliphatic hydroxyl groups excluding tert-OH is 1. The Balaban J connectivity index is 0.000000829. The summed E-state index contributed by atoms with van der Waals surface area (Å²) < 4.78 is 4.98. The van der Waals surface area contributed by atoms with Crippen molar-refractivity contribution in [3.63, 3.8) is 0 Å². The standard InChI is InChI=1S/C12H15NO3.2C2H6/c1-7-8(11(5-14)13-2)3-4-9-10(7)6-16-12(9)15;2*1-2/h3-4,11,13-14H,5-6H2,1-2H3;2*1-2H3. The predicted octanol–water partition coefficient (Wildman–Crippen LogP) is 2.97. The zero-order chi connectivity index (χ0) is 15.7. The summed E-state index contributed by atoms with van der Waals surface area (Å²) >= 11 is 0. The smallest absolute Gasteiger partial charge is 0.338 e. The highest BCUT2D eigenvalue weighted by Crippen LogP contribution is 2.28. The fourth-order valence-electron chi connectivity index (χ4n) is 2.09. The van der Waals surface area contributed by atoms with Crippen LogP contribution in [0.4, 0.5) is 0 Å². The Kier molecular flexibility index (Phi) is 8.84. The first-order valence-corrected chi connectivity index (χ1v) is 7.26. The fourth-order valence-corrected chi connectivity index (χ4v) is 2.09. The average Bonchev–Trinajstić information content (AvgIpc) is 2.89. The normalized spacial score (nSPS) is 13.2. The number of hydrogen-bond acceptors (Lipinski definition) is 4. The molecule has 4 heteroatoms. The Labute approximate surface area is 122 Å². The number of hydrogen-bond donors (Lipinski definition) is 2. The van der Waals surface area contributed by atoms with Crippen LogP contribution < -0.4 is 5.32 Å². The van der Waals surface area contributed by atoms with Crippen molar-refractivity contribution in [2.45, 2.75) is 47.3 Å². The summed E-state index contributed by atoms with van der Waals surface area (Å²) in [6.07, 6.45) is 0. The van der Waals surface area contributed by atoms with E-state index >= 15 is 0 Å². The van der Waals surface area contributed by atoms with Gasteiger partial charge in [0.1, 0.15) is 6.61 Å². The van der Waals surface area contributed by atoms with Crippen LogP contribution in [0.1, 0.15) is 60.8 Å². The van der Waals surface area contributed by atoms with Gasteiger partial charge in [0, 0.05) is 5.56 Å². The number of likely N-dealkylation sites (N-methyl/N-ethyl adjacent to an activating group) is 1. The van der Waals surface area contributed by atoms with Crippen molar-refractivity contribution in [1.82, 2.24) is 5.32 Å². The summed E-state index contributed by atoms with van der Waals surface area (Å²) in [4.78, 5) is 11.4. The maximum Gasteiger partial charge on any atom is 0.338 e. The van der Waals surface area contributed by atoms with Crippen molar-refractivity contribution in [3.05, 3.63) is 34.4 Å². The molecule has 4 nitrogen and oxygen atoms in total. The van der Waals surface area contributed by atoms with Gasteiger partial charge in [0.15, 0.2) is 0 Å². The Bertz CT molecular complexity index is 426. The zero-order valence-corrected chi connectivity index (χ0v) is 13.4. The van der Waals surface area contributed by atoms with Crippen molar-refractivity contribution in [2.24, 2.45) is 0 Å². The molecular weight excluding hydrogens is 254 g/mol. The minimum atomic E-state index is -0.255. The van der Waals surface area contributed by atoms with Gasteiger partial charge in [-0.3, -0.25) is 0 Å². The number of cyclic esters (lactones) is 1. The van der Waals surface area contributed by atoms with Gasteiger partial charge in [-0.2, -0.15) is 0 Å². The summed E-state index contributed by atoms with van der Waals surface area (Å²) in [5, 5.41) is 12.3. The molecule has 114 valence electrons. The van der Waals surface area contributed by atoms with Crippen LogP contribution in [0.3, 0.4) is 0 Å². The number of carbonyl (C=O) groups is 1. The minimum Gasteiger partial charge on any atom is -0.457 e. The highest BCUT2D eigenvalue weighted by atomic mass is 16.5. The van der Waals surface area contributed by atoms with E-state index in [9.17, 15) is 9.90 Å². The quantitative estimate of drug-likeness (QED) is 0.836. The van der Waals surface area contributed by atoms with Crippen LogP contribution >= 0.6 is 0 Å². The second-order valence-corrected chi connectivity index (χ2v) is 3.91. The molecule has 1 unspecified atom stereocenters. The lowest BCUT2D eigenvalue weighted by Crippen LogP contribution is -2.21. The van der Waals surface area contributed by atoms with Gasteiger partial charge >= 0.3 is 5.97 Å². The Hall–Kier alpha value is -1.39. The summed E-state index contributed by atoms with van der Waals surface area (Å²) in [5.74, 6) is -0.255. The van der Waals surface area contributed by atoms with E-state index < -0.39 is 0 Å². The Morgan fingerprint density at radius 3 is 2.40 bits per heavy atom. The molecule has 1 heterocycles. The first kappa shape index (κ1) is 18.6. The molecule has 0 saturated heterocycles. The molecule has 1 aliphatic rings. The van der Waals surface area contributed by atoms with Crippen molar-refractivity contribution in [3.8, 4) is 0 Å². The van der Waals surface area contributed by atoms with Gasteiger partial charge in [-0.1, -0.05) is 33.8 Å². The van der Waals surface area contributed by atoms with Gasteiger partial charge < -0.3 is 15.2 Å². The van der Waals surface area contributed by atoms with E-state index in [0.29, 0.717) is 12.2 Å². The SMILES string of the molecule is CC.CC.CNC(CO)c1ccc2c(c1C)COC2=O. The van der Waals surface area contributed by atoms with Gasteiger partial charge in [0.25, 0.3) is 0 Å². The molecule has 2 rings (SSSR count). The lowest BCUT2D eigenvalue weighted by atomic mass is 9.94. The first-order chi connectivity index (χ1) is 9.69. The molecule has 0 aliphatic carbocycles. The Morgan fingerprint density at radius 2 is 1.90 bits per heavy atom. The van der Waals surface area contributed by atoms with E-state index in [-0.39, 0.29) is 18.6 Å². The summed E-state index contributed by atoms with van der Waals surface area (Å²) in [5.41, 5.74) is 3.63. The zero-order valence-electron chi connectivity index (χ0n) is 13.4. The van der Waals surface area contributed by atoms with E-state index in [4.69, 9.17) is 4.74 Å². The molecule has 1 atom stereocenters. The van der Waals surface area contributed by atoms with Gasteiger partial charge in [-0.25, -0.2) is 4.79 Å². The molecule has 0 bridgehead atoms. The molecule has 0 amide bonds. The van der Waals surface area contributed by atoms with E-state index in [1.54, 1.807) is 13.1 Å². The number of rotatable bonds is 3. The van der Waals surface area contributed by atoms with Crippen molar-refractivity contribution >= 4 is 5.97 Å². The molecular formula is C16H27NO3. The van der Waals surface area contributed by atoms with Crippen molar-refractivity contribution < 1.29 is 14.6 Å². The van der Waals surface area contributed by atoms with E-state index in [0.717, 1.165) is 16.7 Å². The van der Waals surface area contributed by atoms with Crippen molar-refractivity contribution in [1.29, 1.82) is 0 Å². The van der Waals surface area contributed by atoms with Crippen LogP contribution in [0.25, 0.3) is 0 Å². The molecule has 0 spiro atoms. The molecule has 0 radical (unpaired) electrons. The minimum absolute atomic E-state index is 0.0327. The topological polar surface area (TPSA) is 58.6 Å². The number of ether oxygens (including phenoxy) is 1. The lowest BCUT2D eigenvalue weighted by molar-refractivity contribution is 0.0535. The van der Waals surface area contributed by atoms with Crippen LogP contribution in [0, 0.1) is 6.92 Å². The fraction of sp³-hybridized carbons (Fsp3) is 0.562. The second kappa shape index (κ2) is 9.50. The third-order valence-corrected chi connectivity index (χ3v) is 3.11. The molecule has 0 saturated carbocycles. The highest BCUT2D eigenvalue weighted by molar-refractivity contribution is 5.93. The van der Waals surface area contributed by atoms with Gasteiger partial charge in [0.2, 0.25) is 0 Å². The highest BCUT2D eigenvalue weighted by Gasteiger charge is 2.25. The number of fused-ring (bicyclic) bond motifs is 1. The van der Waals surface area contributed by atoms with Crippen molar-refractivity contribution in [2.75, 3.05) is 13.7 Å². The molecule has 20 heavy (non-hydrogen) atoms. The molecule has 1 aliphatic heterocycles. The van der Waals surface area contributed by atoms with Gasteiger partial charge in [0.05, 0.1) is 18.2 Å².